The van der Waals surface area contributed by atoms with Gasteiger partial charge in [0.05, 0.1) is 11.0 Å². The molecule has 0 aliphatic carbocycles. The van der Waals surface area contributed by atoms with Crippen LogP contribution >= 0.6 is 0 Å². The van der Waals surface area contributed by atoms with Crippen molar-refractivity contribution in [3.8, 4) is 22.5 Å². The van der Waals surface area contributed by atoms with Gasteiger partial charge in [-0.15, -0.1) is 0 Å². The Hall–Kier alpha value is -4.50. The first-order valence-electron chi connectivity index (χ1n) is 11.8. The maximum atomic E-state index is 10.6. The van der Waals surface area contributed by atoms with E-state index in [0.717, 1.165) is 41.9 Å². The molecule has 0 aliphatic rings. The van der Waals surface area contributed by atoms with Gasteiger partial charge in [-0.05, 0) is 71.6 Å². The predicted octanol–water partition coefficient (Wildman–Crippen LogP) is 6.26. The quantitative estimate of drug-likeness (QED) is 0.221. The van der Waals surface area contributed by atoms with Gasteiger partial charge in [0.1, 0.15) is 5.82 Å². The van der Waals surface area contributed by atoms with Crippen molar-refractivity contribution in [2.24, 2.45) is 0 Å². The zero-order valence-electron chi connectivity index (χ0n) is 20.2. The number of hydrogen-bond donors (Lipinski definition) is 3. The van der Waals surface area contributed by atoms with Gasteiger partial charge in [-0.1, -0.05) is 48.5 Å². The summed E-state index contributed by atoms with van der Waals surface area (Å²) in [6, 6.07) is 29.5. The third kappa shape index (κ3) is 7.27. The molecule has 2 heterocycles. The number of rotatable bonds is 7. The van der Waals surface area contributed by atoms with Gasteiger partial charge >= 0.3 is 12.1 Å². The number of alkyl halides is 3. The second kappa shape index (κ2) is 12.2. The highest BCUT2D eigenvalue weighted by Gasteiger charge is 2.38. The van der Waals surface area contributed by atoms with Gasteiger partial charge in [0.25, 0.3) is 0 Å². The molecule has 0 amide bonds. The highest BCUT2D eigenvalue weighted by atomic mass is 19.4. The van der Waals surface area contributed by atoms with Crippen molar-refractivity contribution in [3.05, 3.63) is 108 Å². The van der Waals surface area contributed by atoms with E-state index in [1.54, 1.807) is 0 Å². The summed E-state index contributed by atoms with van der Waals surface area (Å²) >= 11 is 0. The van der Waals surface area contributed by atoms with Crippen molar-refractivity contribution >= 4 is 17.0 Å². The summed E-state index contributed by atoms with van der Waals surface area (Å²) in [5.41, 5.74) is 8.13. The van der Waals surface area contributed by atoms with Gasteiger partial charge < -0.3 is 15.4 Å². The lowest BCUT2D eigenvalue weighted by Crippen LogP contribution is -2.21. The number of para-hydroxylation sites is 2. The standard InChI is InChI=1S/C27H24N4.C2HF3O2/c1-2-10-26-25(9-1)30-27(31-26)24-8-4-7-23(18-24)22-6-3-5-21(17-22)19-29-16-13-20-11-14-28-15-12-20;3-2(4,5)1(6)7/h1-12,14-15,17-18,29H,13,16,19H2,(H,30,31);(H,6,7). The number of carboxylic acid groups (broad SMARTS) is 1. The van der Waals surface area contributed by atoms with Gasteiger partial charge in [0, 0.05) is 24.5 Å². The molecule has 0 bridgehead atoms. The van der Waals surface area contributed by atoms with E-state index < -0.39 is 12.1 Å². The number of nitrogens with zero attached hydrogens (tertiary/aromatic N) is 2. The van der Waals surface area contributed by atoms with E-state index in [4.69, 9.17) is 14.9 Å². The number of carbonyl (C=O) groups is 1. The molecule has 6 nitrogen and oxygen atoms in total. The Labute approximate surface area is 217 Å². The van der Waals surface area contributed by atoms with Crippen molar-refractivity contribution in [1.29, 1.82) is 0 Å². The summed E-state index contributed by atoms with van der Waals surface area (Å²) in [7, 11) is 0. The number of H-pyrrole nitrogens is 1. The molecule has 0 radical (unpaired) electrons. The summed E-state index contributed by atoms with van der Waals surface area (Å²) in [4.78, 5) is 21.1. The molecular formula is C29H25F3N4O2. The third-order valence-electron chi connectivity index (χ3n) is 5.70. The van der Waals surface area contributed by atoms with Crippen molar-refractivity contribution in [2.75, 3.05) is 6.54 Å². The lowest BCUT2D eigenvalue weighted by molar-refractivity contribution is -0.192. The number of aromatic amines is 1. The fourth-order valence-corrected chi connectivity index (χ4v) is 3.81. The molecule has 3 N–H and O–H groups in total. The molecule has 0 saturated heterocycles. The maximum absolute atomic E-state index is 10.6. The SMILES string of the molecule is O=C(O)C(F)(F)F.c1cc(CNCCc2ccncc2)cc(-c2cccc(-c3nc4ccccc4[nH]3)c2)c1. The van der Waals surface area contributed by atoms with Crippen LogP contribution in [0.4, 0.5) is 13.2 Å². The Morgan fingerprint density at radius 1 is 0.842 bits per heavy atom. The summed E-state index contributed by atoms with van der Waals surface area (Å²) in [6.07, 6.45) is -0.391. The zero-order chi connectivity index (χ0) is 27.0. The second-order valence-corrected chi connectivity index (χ2v) is 8.47. The first-order valence-corrected chi connectivity index (χ1v) is 11.8. The van der Waals surface area contributed by atoms with E-state index in [0.29, 0.717) is 0 Å². The van der Waals surface area contributed by atoms with E-state index in [9.17, 15) is 13.2 Å². The van der Waals surface area contributed by atoms with Crippen molar-refractivity contribution in [2.45, 2.75) is 19.1 Å². The molecule has 194 valence electrons. The number of pyridine rings is 1. The van der Waals surface area contributed by atoms with Crippen LogP contribution in [-0.4, -0.2) is 38.7 Å². The molecule has 5 aromatic rings. The summed E-state index contributed by atoms with van der Waals surface area (Å²) in [5, 5.41) is 10.7. The van der Waals surface area contributed by atoms with Crippen LogP contribution in [0.25, 0.3) is 33.5 Å². The van der Waals surface area contributed by atoms with Crippen LogP contribution in [0.15, 0.2) is 97.3 Å². The minimum Gasteiger partial charge on any atom is -0.475 e. The summed E-state index contributed by atoms with van der Waals surface area (Å²) in [6.45, 7) is 1.79. The maximum Gasteiger partial charge on any atom is 0.490 e. The molecule has 0 spiro atoms. The van der Waals surface area contributed by atoms with Gasteiger partial charge in [0.2, 0.25) is 0 Å². The van der Waals surface area contributed by atoms with Crippen LogP contribution in [0.3, 0.4) is 0 Å². The van der Waals surface area contributed by atoms with E-state index >= 15 is 0 Å². The second-order valence-electron chi connectivity index (χ2n) is 8.47. The number of hydrogen-bond acceptors (Lipinski definition) is 4. The van der Waals surface area contributed by atoms with E-state index in [1.165, 1.54) is 22.3 Å². The van der Waals surface area contributed by atoms with Crippen molar-refractivity contribution in [1.82, 2.24) is 20.3 Å². The first kappa shape index (κ1) is 26.6. The monoisotopic (exact) mass is 518 g/mol. The average Bonchev–Trinajstić information content (AvgIpc) is 3.36. The van der Waals surface area contributed by atoms with Gasteiger partial charge in [-0.2, -0.15) is 13.2 Å². The lowest BCUT2D eigenvalue weighted by Gasteiger charge is -2.09. The largest absolute Gasteiger partial charge is 0.490 e. The summed E-state index contributed by atoms with van der Waals surface area (Å²) in [5.74, 6) is -1.86. The smallest absolute Gasteiger partial charge is 0.475 e. The predicted molar refractivity (Wildman–Crippen MR) is 140 cm³/mol. The van der Waals surface area contributed by atoms with E-state index in [2.05, 4.69) is 82.0 Å². The van der Waals surface area contributed by atoms with Gasteiger partial charge in [-0.25, -0.2) is 9.78 Å². The van der Waals surface area contributed by atoms with Crippen LogP contribution in [0.1, 0.15) is 11.1 Å². The molecule has 38 heavy (non-hydrogen) atoms. The fraction of sp³-hybridized carbons (Fsp3) is 0.138. The molecule has 9 heteroatoms. The molecule has 0 fully saturated rings. The summed E-state index contributed by atoms with van der Waals surface area (Å²) < 4.78 is 31.7. The highest BCUT2D eigenvalue weighted by molar-refractivity contribution is 5.80. The van der Waals surface area contributed by atoms with Gasteiger partial charge in [0.15, 0.2) is 0 Å². The fourth-order valence-electron chi connectivity index (χ4n) is 3.81. The average molecular weight is 519 g/mol. The molecule has 0 saturated carbocycles. The molecule has 0 atom stereocenters. The first-order chi connectivity index (χ1) is 18.3. The minimum atomic E-state index is -5.08. The number of fused-ring (bicyclic) bond motifs is 1. The van der Waals surface area contributed by atoms with Gasteiger partial charge in [-0.3, -0.25) is 4.98 Å². The van der Waals surface area contributed by atoms with Crippen LogP contribution in [0.5, 0.6) is 0 Å². The third-order valence-corrected chi connectivity index (χ3v) is 5.70. The van der Waals surface area contributed by atoms with Crippen LogP contribution in [0, 0.1) is 0 Å². The highest BCUT2D eigenvalue weighted by Crippen LogP contribution is 2.27. The van der Waals surface area contributed by atoms with Crippen LogP contribution in [0.2, 0.25) is 0 Å². The number of nitrogens with one attached hydrogen (secondary N) is 2. The van der Waals surface area contributed by atoms with Crippen molar-refractivity contribution in [3.63, 3.8) is 0 Å². The minimum absolute atomic E-state index is 0.849. The topological polar surface area (TPSA) is 90.9 Å². The Morgan fingerprint density at radius 2 is 1.50 bits per heavy atom. The number of halogens is 3. The molecule has 5 rings (SSSR count). The molecule has 3 aromatic carbocycles. The molecular weight excluding hydrogens is 493 g/mol. The molecule has 2 aromatic heterocycles. The van der Waals surface area contributed by atoms with Crippen molar-refractivity contribution < 1.29 is 23.1 Å². The number of benzene rings is 3. The Balaban J connectivity index is 0.000000426. The molecule has 0 aliphatic heterocycles. The van der Waals surface area contributed by atoms with Crippen LogP contribution in [-0.2, 0) is 17.8 Å². The van der Waals surface area contributed by atoms with E-state index in [-0.39, 0.29) is 0 Å². The Bertz CT molecular complexity index is 1470. The number of carboxylic acids is 1. The number of aliphatic carboxylic acids is 1. The molecule has 0 unspecified atom stereocenters. The number of imidazole rings is 1. The lowest BCUT2D eigenvalue weighted by atomic mass is 10.0. The Morgan fingerprint density at radius 3 is 2.21 bits per heavy atom. The van der Waals surface area contributed by atoms with E-state index in [1.807, 2.05) is 30.6 Å². The van der Waals surface area contributed by atoms with Crippen LogP contribution < -0.4 is 5.32 Å². The number of aromatic nitrogens is 3. The Kier molecular flexibility index (Phi) is 8.50. The normalized spacial score (nSPS) is 11.1. The zero-order valence-corrected chi connectivity index (χ0v) is 20.2.